The smallest absolute Gasteiger partial charge is 0.400 e. The molecule has 0 fully saturated rings. The molecule has 0 spiro atoms. The van der Waals surface area contributed by atoms with Crippen molar-refractivity contribution in [3.63, 3.8) is 0 Å². The number of alkyl halides is 3. The summed E-state index contributed by atoms with van der Waals surface area (Å²) in [5.41, 5.74) is -0.0529. The third-order valence-corrected chi connectivity index (χ3v) is 1.28. The number of aliphatic hydroxyl groups excluding tert-OH is 1. The first-order valence-electron chi connectivity index (χ1n) is 3.44. The summed E-state index contributed by atoms with van der Waals surface area (Å²) in [4.78, 5) is 0. The van der Waals surface area contributed by atoms with Gasteiger partial charge >= 0.3 is 6.18 Å². The summed E-state index contributed by atoms with van der Waals surface area (Å²) < 4.78 is 35.7. The van der Waals surface area contributed by atoms with E-state index in [1.54, 1.807) is 0 Å². The van der Waals surface area contributed by atoms with E-state index in [9.17, 15) is 13.2 Å². The maximum atomic E-state index is 11.9. The normalized spacial score (nSPS) is 9.50. The topological polar surface area (TPSA) is 20.2 Å². The van der Waals surface area contributed by atoms with Crippen molar-refractivity contribution in [3.8, 4) is 0 Å². The maximum absolute atomic E-state index is 11.9. The van der Waals surface area contributed by atoms with E-state index in [0.29, 0.717) is 5.56 Å². The molecule has 1 aromatic carbocycles. The molecular formula is C9H10F3OZn-. The van der Waals surface area contributed by atoms with Gasteiger partial charge in [-0.3, -0.25) is 0 Å². The number of hydrogen-bond donors (Lipinski definition) is 1. The first kappa shape index (κ1) is 15.9. The quantitative estimate of drug-likeness (QED) is 0.559. The molecule has 0 atom stereocenters. The number of hydrogen-bond acceptors (Lipinski definition) is 1. The van der Waals surface area contributed by atoms with Crippen LogP contribution < -0.4 is 0 Å². The van der Waals surface area contributed by atoms with Gasteiger partial charge in [0.25, 0.3) is 0 Å². The molecular weight excluding hydrogens is 246 g/mol. The summed E-state index contributed by atoms with van der Waals surface area (Å²) in [5.74, 6) is 0. The second-order valence-electron chi connectivity index (χ2n) is 2.19. The Kier molecular flexibility index (Phi) is 7.79. The van der Waals surface area contributed by atoms with Gasteiger partial charge in [-0.25, -0.2) is 0 Å². The molecule has 0 saturated carbocycles. The van der Waals surface area contributed by atoms with Crippen LogP contribution in [0.3, 0.4) is 0 Å². The van der Waals surface area contributed by atoms with Gasteiger partial charge < -0.3 is 5.11 Å². The molecule has 14 heavy (non-hydrogen) atoms. The van der Waals surface area contributed by atoms with Crippen molar-refractivity contribution in [2.24, 2.45) is 0 Å². The molecule has 0 unspecified atom stereocenters. The van der Waals surface area contributed by atoms with E-state index in [4.69, 9.17) is 5.11 Å². The molecule has 0 amide bonds. The van der Waals surface area contributed by atoms with Gasteiger partial charge in [0.05, 0.1) is 0 Å². The number of halogens is 3. The summed E-state index contributed by atoms with van der Waals surface area (Å²) in [5, 5.41) is 7.00. The van der Waals surface area contributed by atoms with Crippen LogP contribution in [-0.4, -0.2) is 12.2 Å². The summed E-state index contributed by atoms with van der Waals surface area (Å²) >= 11 is 0. The van der Waals surface area contributed by atoms with E-state index in [1.165, 1.54) is 12.1 Å². The Hall–Kier alpha value is -0.537. The molecule has 1 aromatic rings. The molecule has 0 aliphatic heterocycles. The van der Waals surface area contributed by atoms with Crippen molar-refractivity contribution in [3.05, 3.63) is 42.3 Å². The number of aliphatic hydroxyl groups is 1. The van der Waals surface area contributed by atoms with Crippen LogP contribution in [0, 0.1) is 6.92 Å². The first-order chi connectivity index (χ1) is 6.00. The molecule has 1 nitrogen and oxygen atoms in total. The van der Waals surface area contributed by atoms with E-state index < -0.39 is 11.7 Å². The predicted molar refractivity (Wildman–Crippen MR) is 44.0 cm³/mol. The van der Waals surface area contributed by atoms with Crippen LogP contribution in [0.15, 0.2) is 24.3 Å². The van der Waals surface area contributed by atoms with Crippen molar-refractivity contribution >= 4 is 0 Å². The molecule has 76 valence electrons. The Morgan fingerprint density at radius 3 is 1.71 bits per heavy atom. The van der Waals surface area contributed by atoms with Crippen molar-refractivity contribution in [1.82, 2.24) is 0 Å². The maximum Gasteiger partial charge on any atom is 0.414 e. The summed E-state index contributed by atoms with van der Waals surface area (Å²) in [6, 6.07) is 4.70. The molecule has 0 aromatic heterocycles. The van der Waals surface area contributed by atoms with E-state index in [1.807, 2.05) is 0 Å². The van der Waals surface area contributed by atoms with Crippen LogP contribution in [0.2, 0.25) is 0 Å². The Labute approximate surface area is 93.7 Å². The zero-order chi connectivity index (χ0) is 10.5. The average Bonchev–Trinajstić information content (AvgIpc) is 2.07. The van der Waals surface area contributed by atoms with Gasteiger partial charge in [-0.05, 0) is 0 Å². The summed E-state index contributed by atoms with van der Waals surface area (Å²) in [7, 11) is 1.00. The molecule has 0 saturated heterocycles. The van der Waals surface area contributed by atoms with Gasteiger partial charge in [0.15, 0.2) is 0 Å². The zero-order valence-corrected chi connectivity index (χ0v) is 10.8. The standard InChI is InChI=1S/C8H6F3.CH4O.Zn/c1-6-2-4-7(5-3-6)8(9,10)11;1-2;/h2-5H,1H2;2H,1H3;/q-1;;. The summed E-state index contributed by atoms with van der Waals surface area (Å²) in [6.45, 7) is 3.48. The Balaban J connectivity index is 0. The number of benzene rings is 1. The first-order valence-corrected chi connectivity index (χ1v) is 3.44. The van der Waals surface area contributed by atoms with Gasteiger partial charge in [-0.2, -0.15) is 37.8 Å². The van der Waals surface area contributed by atoms with Gasteiger partial charge in [0, 0.05) is 32.2 Å². The van der Waals surface area contributed by atoms with Crippen molar-refractivity contribution in [1.29, 1.82) is 0 Å². The van der Waals surface area contributed by atoms with Crippen LogP contribution >= 0.6 is 0 Å². The number of rotatable bonds is 0. The molecule has 1 N–H and O–H groups in total. The van der Waals surface area contributed by atoms with Gasteiger partial charge in [-0.1, -0.05) is 0 Å². The second-order valence-corrected chi connectivity index (χ2v) is 2.19. The molecule has 0 heterocycles. The van der Waals surface area contributed by atoms with Crippen LogP contribution in [0.4, 0.5) is 13.2 Å². The Morgan fingerprint density at radius 2 is 1.43 bits per heavy atom. The fraction of sp³-hybridized carbons (Fsp3) is 0.222. The molecule has 5 heteroatoms. The minimum atomic E-state index is -4.24. The molecule has 0 aliphatic carbocycles. The SMILES string of the molecule is CO.[CH2-]c1ccc(C(F)(F)F)cc1.[Zn]. The van der Waals surface area contributed by atoms with Crippen molar-refractivity contribution < 1.29 is 37.8 Å². The van der Waals surface area contributed by atoms with Gasteiger partial charge in [0.1, 0.15) is 0 Å². The van der Waals surface area contributed by atoms with Crippen LogP contribution in [0.25, 0.3) is 0 Å². The molecule has 0 radical (unpaired) electrons. The fourth-order valence-electron chi connectivity index (χ4n) is 0.694. The van der Waals surface area contributed by atoms with Crippen molar-refractivity contribution in [2.75, 3.05) is 7.11 Å². The third-order valence-electron chi connectivity index (χ3n) is 1.28. The predicted octanol–water partition coefficient (Wildman–Crippen LogP) is 2.49. The molecule has 0 bridgehead atoms. The third kappa shape index (κ3) is 5.25. The van der Waals surface area contributed by atoms with E-state index >= 15 is 0 Å². The molecule has 0 aliphatic rings. The average molecular weight is 257 g/mol. The van der Waals surface area contributed by atoms with Crippen LogP contribution in [0.1, 0.15) is 11.1 Å². The Bertz CT molecular complexity index is 243. The van der Waals surface area contributed by atoms with E-state index in [2.05, 4.69) is 6.92 Å². The second kappa shape index (κ2) is 6.85. The van der Waals surface area contributed by atoms with Crippen LogP contribution in [-0.2, 0) is 25.7 Å². The Morgan fingerprint density at radius 1 is 1.07 bits per heavy atom. The monoisotopic (exact) mass is 255 g/mol. The van der Waals surface area contributed by atoms with Crippen LogP contribution in [0.5, 0.6) is 0 Å². The van der Waals surface area contributed by atoms with Gasteiger partial charge in [0.2, 0.25) is 0 Å². The minimum absolute atomic E-state index is 0. The largest absolute Gasteiger partial charge is 0.414 e. The summed E-state index contributed by atoms with van der Waals surface area (Å²) in [6.07, 6.45) is -4.24. The fourth-order valence-corrected chi connectivity index (χ4v) is 0.694. The molecule has 1 rings (SSSR count). The zero-order valence-electron chi connectivity index (χ0n) is 7.80. The van der Waals surface area contributed by atoms with E-state index in [-0.39, 0.29) is 19.5 Å². The minimum Gasteiger partial charge on any atom is -0.400 e. The van der Waals surface area contributed by atoms with E-state index in [0.717, 1.165) is 19.2 Å². The van der Waals surface area contributed by atoms with Gasteiger partial charge in [-0.15, -0.1) is 12.1 Å². The van der Waals surface area contributed by atoms with Crippen molar-refractivity contribution in [2.45, 2.75) is 6.18 Å².